The van der Waals surface area contributed by atoms with E-state index in [-0.39, 0.29) is 11.8 Å². The molecule has 1 aromatic carbocycles. The van der Waals surface area contributed by atoms with Gasteiger partial charge < -0.3 is 10.0 Å². The van der Waals surface area contributed by atoms with Crippen LogP contribution in [0, 0.1) is 5.92 Å². The number of amides is 1. The Morgan fingerprint density at radius 2 is 1.80 bits per heavy atom. The predicted octanol–water partition coefficient (Wildman–Crippen LogP) is 1.37. The maximum absolute atomic E-state index is 12.7. The first-order valence-corrected chi connectivity index (χ1v) is 10.3. The van der Waals surface area contributed by atoms with Crippen LogP contribution in [0.1, 0.15) is 37.8 Å². The lowest BCUT2D eigenvalue weighted by Crippen LogP contribution is -2.44. The average Bonchev–Trinajstić information content (AvgIpc) is 3.14. The second kappa shape index (κ2) is 7.05. The molecule has 1 fully saturated rings. The van der Waals surface area contributed by atoms with Crippen LogP contribution < -0.4 is 0 Å². The van der Waals surface area contributed by atoms with Crippen molar-refractivity contribution in [1.82, 2.24) is 9.21 Å². The van der Waals surface area contributed by atoms with Gasteiger partial charge in [0.1, 0.15) is 6.10 Å². The molecule has 1 saturated heterocycles. The molecule has 0 spiro atoms. The Balaban J connectivity index is 1.79. The second-order valence-corrected chi connectivity index (χ2v) is 9.18. The highest BCUT2D eigenvalue weighted by Gasteiger charge is 2.30. The van der Waals surface area contributed by atoms with E-state index in [4.69, 9.17) is 0 Å². The molecule has 1 atom stereocenters. The summed E-state index contributed by atoms with van der Waals surface area (Å²) in [6, 6.07) is 5.20. The lowest BCUT2D eigenvalue weighted by atomic mass is 9.98. The molecule has 1 amide bonds. The molecule has 25 heavy (non-hydrogen) atoms. The summed E-state index contributed by atoms with van der Waals surface area (Å²) < 4.78 is 26.9. The SMILES string of the molecule is CC(C)[C@H](O)C(=O)N1CCc2cc(S(=O)(=O)N3CCCC3)ccc2C1. The van der Waals surface area contributed by atoms with Gasteiger partial charge in [-0.1, -0.05) is 19.9 Å². The first-order chi connectivity index (χ1) is 11.8. The van der Waals surface area contributed by atoms with E-state index in [1.165, 1.54) is 0 Å². The zero-order valence-electron chi connectivity index (χ0n) is 14.8. The number of aliphatic hydroxyl groups excluding tert-OH is 1. The second-order valence-electron chi connectivity index (χ2n) is 7.24. The summed E-state index contributed by atoms with van der Waals surface area (Å²) in [5, 5.41) is 9.99. The molecule has 0 unspecified atom stereocenters. The normalized spacial score (nSPS) is 19.9. The highest BCUT2D eigenvalue weighted by atomic mass is 32.2. The van der Waals surface area contributed by atoms with Crippen LogP contribution in [-0.2, 0) is 27.8 Å². The molecule has 1 aromatic rings. The molecule has 3 rings (SSSR count). The Morgan fingerprint density at radius 3 is 2.44 bits per heavy atom. The fraction of sp³-hybridized carbons (Fsp3) is 0.611. The minimum absolute atomic E-state index is 0.123. The van der Waals surface area contributed by atoms with Crippen molar-refractivity contribution < 1.29 is 18.3 Å². The van der Waals surface area contributed by atoms with E-state index in [1.807, 2.05) is 13.8 Å². The van der Waals surface area contributed by atoms with Crippen LogP contribution in [0.3, 0.4) is 0 Å². The number of fused-ring (bicyclic) bond motifs is 1. The number of benzene rings is 1. The van der Waals surface area contributed by atoms with Gasteiger partial charge in [0.05, 0.1) is 4.90 Å². The van der Waals surface area contributed by atoms with Gasteiger partial charge in [-0.05, 0) is 48.4 Å². The molecule has 138 valence electrons. The number of rotatable bonds is 4. The minimum Gasteiger partial charge on any atom is -0.383 e. The summed E-state index contributed by atoms with van der Waals surface area (Å²) >= 11 is 0. The summed E-state index contributed by atoms with van der Waals surface area (Å²) in [6.07, 6.45) is 1.45. The molecule has 0 bridgehead atoms. The third-order valence-electron chi connectivity index (χ3n) is 5.09. The van der Waals surface area contributed by atoms with Crippen LogP contribution in [0.5, 0.6) is 0 Å². The van der Waals surface area contributed by atoms with Gasteiger partial charge >= 0.3 is 0 Å². The summed E-state index contributed by atoms with van der Waals surface area (Å²) in [7, 11) is -3.41. The Bertz CT molecular complexity index is 754. The molecule has 2 aliphatic rings. The van der Waals surface area contributed by atoms with Crippen molar-refractivity contribution >= 4 is 15.9 Å². The highest BCUT2D eigenvalue weighted by molar-refractivity contribution is 7.89. The van der Waals surface area contributed by atoms with Crippen molar-refractivity contribution in [2.75, 3.05) is 19.6 Å². The van der Waals surface area contributed by atoms with E-state index in [0.29, 0.717) is 37.5 Å². The summed E-state index contributed by atoms with van der Waals surface area (Å²) in [5.41, 5.74) is 1.93. The fourth-order valence-corrected chi connectivity index (χ4v) is 5.00. The molecule has 6 nitrogen and oxygen atoms in total. The van der Waals surface area contributed by atoms with Crippen molar-refractivity contribution in [2.45, 2.75) is 50.7 Å². The van der Waals surface area contributed by atoms with Crippen molar-refractivity contribution in [1.29, 1.82) is 0 Å². The number of hydrogen-bond acceptors (Lipinski definition) is 4. The van der Waals surface area contributed by atoms with E-state index >= 15 is 0 Å². The van der Waals surface area contributed by atoms with Crippen LogP contribution in [0.2, 0.25) is 0 Å². The molecule has 0 saturated carbocycles. The first-order valence-electron chi connectivity index (χ1n) is 8.89. The van der Waals surface area contributed by atoms with Gasteiger partial charge in [0.25, 0.3) is 5.91 Å². The Hall–Kier alpha value is -1.44. The van der Waals surface area contributed by atoms with Crippen molar-refractivity contribution in [3.8, 4) is 0 Å². The molecular formula is C18H26N2O4S. The monoisotopic (exact) mass is 366 g/mol. The third-order valence-corrected chi connectivity index (χ3v) is 6.98. The van der Waals surface area contributed by atoms with Crippen LogP contribution in [0.4, 0.5) is 0 Å². The topological polar surface area (TPSA) is 77.9 Å². The lowest BCUT2D eigenvalue weighted by Gasteiger charge is -2.31. The predicted molar refractivity (Wildman–Crippen MR) is 94.4 cm³/mol. The van der Waals surface area contributed by atoms with Gasteiger partial charge in [0.2, 0.25) is 10.0 Å². The number of hydrogen-bond donors (Lipinski definition) is 1. The first kappa shape index (κ1) is 18.4. The molecule has 0 aliphatic carbocycles. The highest BCUT2D eigenvalue weighted by Crippen LogP contribution is 2.26. The number of carbonyl (C=O) groups is 1. The number of nitrogens with zero attached hydrogens (tertiary/aromatic N) is 2. The summed E-state index contributed by atoms with van der Waals surface area (Å²) in [6.45, 7) is 5.74. The summed E-state index contributed by atoms with van der Waals surface area (Å²) in [4.78, 5) is 14.3. The molecule has 1 N–H and O–H groups in total. The fourth-order valence-electron chi connectivity index (χ4n) is 3.43. The molecule has 2 heterocycles. The van der Waals surface area contributed by atoms with Crippen LogP contribution in [-0.4, -0.2) is 54.4 Å². The van der Waals surface area contributed by atoms with E-state index in [1.54, 1.807) is 27.4 Å². The Kier molecular flexibility index (Phi) is 5.18. The average molecular weight is 366 g/mol. The molecule has 0 radical (unpaired) electrons. The van der Waals surface area contributed by atoms with E-state index in [2.05, 4.69) is 0 Å². The molecule has 2 aliphatic heterocycles. The minimum atomic E-state index is -3.41. The molecular weight excluding hydrogens is 340 g/mol. The largest absolute Gasteiger partial charge is 0.383 e. The smallest absolute Gasteiger partial charge is 0.251 e. The zero-order chi connectivity index (χ0) is 18.2. The van der Waals surface area contributed by atoms with Crippen LogP contribution >= 0.6 is 0 Å². The standard InChI is InChI=1S/C18H26N2O4S/c1-13(2)17(21)18(22)19-10-7-14-11-16(6-5-15(14)12-19)25(23,24)20-8-3-4-9-20/h5-6,11,13,17,21H,3-4,7-10,12H2,1-2H3/t17-/m0/s1. The van der Waals surface area contributed by atoms with E-state index < -0.39 is 16.1 Å². The van der Waals surface area contributed by atoms with Gasteiger partial charge in [0.15, 0.2) is 0 Å². The van der Waals surface area contributed by atoms with Gasteiger partial charge in [-0.3, -0.25) is 4.79 Å². The van der Waals surface area contributed by atoms with Crippen molar-refractivity contribution in [3.63, 3.8) is 0 Å². The Morgan fingerprint density at radius 1 is 1.12 bits per heavy atom. The maximum atomic E-state index is 12.7. The third kappa shape index (κ3) is 3.59. The maximum Gasteiger partial charge on any atom is 0.251 e. The molecule has 0 aromatic heterocycles. The van der Waals surface area contributed by atoms with Crippen molar-refractivity contribution in [2.24, 2.45) is 5.92 Å². The number of carbonyl (C=O) groups excluding carboxylic acids is 1. The van der Waals surface area contributed by atoms with E-state index in [9.17, 15) is 18.3 Å². The molecule has 7 heteroatoms. The summed E-state index contributed by atoms with van der Waals surface area (Å²) in [5.74, 6) is -0.378. The van der Waals surface area contributed by atoms with Crippen LogP contribution in [0.15, 0.2) is 23.1 Å². The zero-order valence-corrected chi connectivity index (χ0v) is 15.6. The number of sulfonamides is 1. The number of aliphatic hydroxyl groups is 1. The Labute approximate surface area is 149 Å². The van der Waals surface area contributed by atoms with Gasteiger partial charge in [0, 0.05) is 26.2 Å². The van der Waals surface area contributed by atoms with Gasteiger partial charge in [-0.2, -0.15) is 4.31 Å². The van der Waals surface area contributed by atoms with Gasteiger partial charge in [-0.15, -0.1) is 0 Å². The van der Waals surface area contributed by atoms with Crippen molar-refractivity contribution in [3.05, 3.63) is 29.3 Å². The van der Waals surface area contributed by atoms with Gasteiger partial charge in [-0.25, -0.2) is 8.42 Å². The lowest BCUT2D eigenvalue weighted by molar-refractivity contribution is -0.143. The van der Waals surface area contributed by atoms with E-state index in [0.717, 1.165) is 24.0 Å². The quantitative estimate of drug-likeness (QED) is 0.873. The van der Waals surface area contributed by atoms with Crippen LogP contribution in [0.25, 0.3) is 0 Å².